The smallest absolute Gasteiger partial charge is 0.195 e. The van der Waals surface area contributed by atoms with Gasteiger partial charge in [0.25, 0.3) is 0 Å². The van der Waals surface area contributed by atoms with Crippen LogP contribution >= 0.6 is 0 Å². The number of pyridine rings is 1. The van der Waals surface area contributed by atoms with Crippen molar-refractivity contribution in [3.63, 3.8) is 0 Å². The first-order chi connectivity index (χ1) is 8.02. The Labute approximate surface area is 95.9 Å². The van der Waals surface area contributed by atoms with Crippen LogP contribution in [0.15, 0.2) is 24.5 Å². The van der Waals surface area contributed by atoms with Gasteiger partial charge >= 0.3 is 0 Å². The van der Waals surface area contributed by atoms with E-state index in [1.54, 1.807) is 6.92 Å². The number of nitrogen functional groups attached to an aromatic ring is 1. The Kier molecular flexibility index (Phi) is 2.75. The van der Waals surface area contributed by atoms with E-state index in [0.29, 0.717) is 16.8 Å². The average molecular weight is 238 g/mol. The molecule has 0 aliphatic rings. The summed E-state index contributed by atoms with van der Waals surface area (Å²) in [4.78, 5) is 3.81. The molecule has 2 N–H and O–H groups in total. The van der Waals surface area contributed by atoms with Crippen LogP contribution in [0.5, 0.6) is 0 Å². The highest BCUT2D eigenvalue weighted by molar-refractivity contribution is 5.71. The third-order valence-electron chi connectivity index (χ3n) is 2.58. The van der Waals surface area contributed by atoms with Gasteiger partial charge in [-0.3, -0.25) is 4.98 Å². The van der Waals surface area contributed by atoms with Crippen molar-refractivity contribution < 1.29 is 13.2 Å². The highest BCUT2D eigenvalue weighted by Crippen LogP contribution is 2.29. The van der Waals surface area contributed by atoms with Crippen LogP contribution in [-0.4, -0.2) is 4.98 Å². The third-order valence-corrected chi connectivity index (χ3v) is 2.58. The fourth-order valence-corrected chi connectivity index (χ4v) is 1.55. The van der Waals surface area contributed by atoms with E-state index in [-0.39, 0.29) is 5.56 Å². The van der Waals surface area contributed by atoms with Gasteiger partial charge in [-0.05, 0) is 24.6 Å². The second-order valence-electron chi connectivity index (χ2n) is 3.62. The average Bonchev–Trinajstić information content (AvgIpc) is 2.31. The lowest BCUT2D eigenvalue weighted by Gasteiger charge is -2.09. The first-order valence-electron chi connectivity index (χ1n) is 4.86. The lowest BCUT2D eigenvalue weighted by molar-refractivity contribution is 0.449. The fraction of sp³-hybridized carbons (Fsp3) is 0.0833. The Morgan fingerprint density at radius 1 is 1.00 bits per heavy atom. The molecule has 0 saturated heterocycles. The Hall–Kier alpha value is -2.04. The van der Waals surface area contributed by atoms with Crippen LogP contribution in [0, 0.1) is 24.4 Å². The van der Waals surface area contributed by atoms with Crippen molar-refractivity contribution >= 4 is 5.69 Å². The van der Waals surface area contributed by atoms with Gasteiger partial charge in [-0.1, -0.05) is 0 Å². The summed E-state index contributed by atoms with van der Waals surface area (Å²) in [6.07, 6.45) is 2.78. The lowest BCUT2D eigenvalue weighted by Crippen LogP contribution is -1.98. The number of anilines is 1. The quantitative estimate of drug-likeness (QED) is 0.775. The molecular weight excluding hydrogens is 229 g/mol. The molecule has 2 rings (SSSR count). The molecule has 0 radical (unpaired) electrons. The van der Waals surface area contributed by atoms with Crippen LogP contribution in [0.4, 0.5) is 18.9 Å². The summed E-state index contributed by atoms with van der Waals surface area (Å²) in [7, 11) is 0. The Morgan fingerprint density at radius 2 is 1.71 bits per heavy atom. The molecule has 0 fully saturated rings. The maximum absolute atomic E-state index is 13.6. The summed E-state index contributed by atoms with van der Waals surface area (Å²) in [5.74, 6) is -3.95. The molecule has 0 unspecified atom stereocenters. The van der Waals surface area contributed by atoms with Crippen LogP contribution in [0.3, 0.4) is 0 Å². The first kappa shape index (κ1) is 11.4. The molecule has 0 bridgehead atoms. The highest BCUT2D eigenvalue weighted by atomic mass is 19.2. The van der Waals surface area contributed by atoms with Gasteiger partial charge in [0.15, 0.2) is 17.5 Å². The molecule has 88 valence electrons. The monoisotopic (exact) mass is 238 g/mol. The minimum Gasteiger partial charge on any atom is -0.397 e. The summed E-state index contributed by atoms with van der Waals surface area (Å²) >= 11 is 0. The molecule has 2 aromatic rings. The van der Waals surface area contributed by atoms with Gasteiger partial charge in [0.2, 0.25) is 0 Å². The van der Waals surface area contributed by atoms with Gasteiger partial charge in [0.1, 0.15) is 0 Å². The molecular formula is C12H9F3N2. The number of hydrogen-bond acceptors (Lipinski definition) is 2. The van der Waals surface area contributed by atoms with Crippen LogP contribution < -0.4 is 5.73 Å². The summed E-state index contributed by atoms with van der Waals surface area (Å²) in [6.45, 7) is 1.66. The summed E-state index contributed by atoms with van der Waals surface area (Å²) < 4.78 is 39.5. The SMILES string of the molecule is Cc1c(N)cncc1-c1ccc(F)c(F)c1F. The van der Waals surface area contributed by atoms with Gasteiger partial charge in [-0.2, -0.15) is 0 Å². The normalized spacial score (nSPS) is 10.6. The Balaban J connectivity index is 2.69. The van der Waals surface area contributed by atoms with E-state index in [9.17, 15) is 13.2 Å². The molecule has 0 atom stereocenters. The zero-order valence-corrected chi connectivity index (χ0v) is 8.97. The number of hydrogen-bond donors (Lipinski definition) is 1. The third kappa shape index (κ3) is 1.84. The maximum Gasteiger partial charge on any atom is 0.195 e. The molecule has 17 heavy (non-hydrogen) atoms. The minimum atomic E-state index is -1.50. The maximum atomic E-state index is 13.6. The minimum absolute atomic E-state index is 0.0544. The van der Waals surface area contributed by atoms with Crippen LogP contribution in [0.25, 0.3) is 11.1 Å². The molecule has 5 heteroatoms. The number of nitrogens with two attached hydrogens (primary N) is 1. The topological polar surface area (TPSA) is 38.9 Å². The summed E-state index contributed by atoms with van der Waals surface area (Å²) in [5, 5.41) is 0. The predicted octanol–water partition coefficient (Wildman–Crippen LogP) is 3.06. The molecule has 0 spiro atoms. The Bertz CT molecular complexity index is 582. The largest absolute Gasteiger partial charge is 0.397 e. The molecule has 0 amide bonds. The van der Waals surface area contributed by atoms with Crippen molar-refractivity contribution in [1.29, 1.82) is 0 Å². The molecule has 0 aliphatic carbocycles. The van der Waals surface area contributed by atoms with Crippen molar-refractivity contribution in [3.05, 3.63) is 47.5 Å². The van der Waals surface area contributed by atoms with Gasteiger partial charge in [0, 0.05) is 17.3 Å². The number of rotatable bonds is 1. The molecule has 2 nitrogen and oxygen atoms in total. The van der Waals surface area contributed by atoms with Crippen LogP contribution in [0.1, 0.15) is 5.56 Å². The van der Waals surface area contributed by atoms with Crippen molar-refractivity contribution in [2.45, 2.75) is 6.92 Å². The van der Waals surface area contributed by atoms with E-state index in [2.05, 4.69) is 4.98 Å². The van der Waals surface area contributed by atoms with E-state index >= 15 is 0 Å². The van der Waals surface area contributed by atoms with Crippen molar-refractivity contribution in [1.82, 2.24) is 4.98 Å². The number of benzene rings is 1. The molecule has 1 aromatic heterocycles. The molecule has 0 saturated carbocycles. The van der Waals surface area contributed by atoms with E-state index < -0.39 is 17.5 Å². The second kappa shape index (κ2) is 4.08. The number of aromatic nitrogens is 1. The van der Waals surface area contributed by atoms with Crippen LogP contribution in [0.2, 0.25) is 0 Å². The lowest BCUT2D eigenvalue weighted by atomic mass is 10.0. The summed E-state index contributed by atoms with van der Waals surface area (Å²) in [6, 6.07) is 2.04. The molecule has 1 aromatic carbocycles. The standard InChI is InChI=1S/C12H9F3N2/c1-6-8(4-17-5-10(6)16)7-2-3-9(13)12(15)11(7)14/h2-5H,16H2,1H3. The molecule has 1 heterocycles. The molecule has 0 aliphatic heterocycles. The van der Waals surface area contributed by atoms with Crippen LogP contribution in [-0.2, 0) is 0 Å². The van der Waals surface area contributed by atoms with E-state index in [1.807, 2.05) is 0 Å². The van der Waals surface area contributed by atoms with Crippen molar-refractivity contribution in [3.8, 4) is 11.1 Å². The van der Waals surface area contributed by atoms with Gasteiger partial charge in [-0.15, -0.1) is 0 Å². The van der Waals surface area contributed by atoms with Crippen molar-refractivity contribution in [2.24, 2.45) is 0 Å². The second-order valence-corrected chi connectivity index (χ2v) is 3.62. The predicted molar refractivity (Wildman–Crippen MR) is 58.7 cm³/mol. The van der Waals surface area contributed by atoms with Gasteiger partial charge in [0.05, 0.1) is 11.9 Å². The number of halogens is 3. The van der Waals surface area contributed by atoms with Gasteiger partial charge < -0.3 is 5.73 Å². The van der Waals surface area contributed by atoms with Gasteiger partial charge in [-0.25, -0.2) is 13.2 Å². The van der Waals surface area contributed by atoms with E-state index in [1.165, 1.54) is 12.4 Å². The fourth-order valence-electron chi connectivity index (χ4n) is 1.55. The highest BCUT2D eigenvalue weighted by Gasteiger charge is 2.16. The zero-order chi connectivity index (χ0) is 12.6. The van der Waals surface area contributed by atoms with E-state index in [0.717, 1.165) is 12.1 Å². The first-order valence-corrected chi connectivity index (χ1v) is 4.86. The van der Waals surface area contributed by atoms with E-state index in [4.69, 9.17) is 5.73 Å². The Morgan fingerprint density at radius 3 is 2.41 bits per heavy atom. The van der Waals surface area contributed by atoms with Crippen molar-refractivity contribution in [2.75, 3.05) is 5.73 Å². The summed E-state index contributed by atoms with van der Waals surface area (Å²) in [5.41, 5.74) is 6.86. The zero-order valence-electron chi connectivity index (χ0n) is 8.97. The number of nitrogens with zero attached hydrogens (tertiary/aromatic N) is 1.